The van der Waals surface area contributed by atoms with Crippen LogP contribution in [0.25, 0.3) is 11.1 Å². The molecular weight excluding hydrogens is 393 g/mol. The van der Waals surface area contributed by atoms with Crippen LogP contribution in [0.5, 0.6) is 0 Å². The molecule has 0 bridgehead atoms. The van der Waals surface area contributed by atoms with Gasteiger partial charge in [0.05, 0.1) is 0 Å². The SMILES string of the molecule is CCCCCCc1ccc2c(c1)CCc1cc(C#Cc3cc(F)c(F)c(F)c3)ccc1-2. The van der Waals surface area contributed by atoms with Crippen LogP contribution in [0.1, 0.15) is 60.4 Å². The van der Waals surface area contributed by atoms with E-state index in [0.29, 0.717) is 0 Å². The molecule has 0 spiro atoms. The minimum Gasteiger partial charge on any atom is -0.204 e. The first kappa shape index (κ1) is 21.2. The van der Waals surface area contributed by atoms with Gasteiger partial charge < -0.3 is 0 Å². The third kappa shape index (κ3) is 4.85. The molecule has 0 aromatic heterocycles. The summed E-state index contributed by atoms with van der Waals surface area (Å²) >= 11 is 0. The van der Waals surface area contributed by atoms with E-state index in [0.717, 1.165) is 37.0 Å². The number of hydrogen-bond donors (Lipinski definition) is 0. The van der Waals surface area contributed by atoms with E-state index < -0.39 is 17.5 Å². The van der Waals surface area contributed by atoms with Gasteiger partial charge in [0, 0.05) is 11.1 Å². The first-order valence-electron chi connectivity index (χ1n) is 11.0. The second-order valence-electron chi connectivity index (χ2n) is 8.18. The molecule has 0 N–H and O–H groups in total. The van der Waals surface area contributed by atoms with E-state index in [1.54, 1.807) is 0 Å². The quantitative estimate of drug-likeness (QED) is 0.230. The molecule has 0 saturated carbocycles. The Morgan fingerprint density at radius 1 is 0.710 bits per heavy atom. The Morgan fingerprint density at radius 2 is 1.35 bits per heavy atom. The van der Waals surface area contributed by atoms with Gasteiger partial charge in [0.25, 0.3) is 0 Å². The highest BCUT2D eigenvalue weighted by Gasteiger charge is 2.16. The van der Waals surface area contributed by atoms with E-state index >= 15 is 0 Å². The van der Waals surface area contributed by atoms with Crippen LogP contribution >= 0.6 is 0 Å². The fourth-order valence-electron chi connectivity index (χ4n) is 4.21. The topological polar surface area (TPSA) is 0 Å². The average molecular weight is 419 g/mol. The molecule has 0 amide bonds. The summed E-state index contributed by atoms with van der Waals surface area (Å²) in [4.78, 5) is 0. The third-order valence-electron chi connectivity index (χ3n) is 5.88. The standard InChI is InChI=1S/C28H25F3/c1-2-3-4-5-6-19-9-13-24-22(15-19)11-12-23-16-20(10-14-25(23)24)7-8-21-17-26(29)28(31)27(30)18-21/h9-10,13-18H,2-6,11-12H2,1H3. The molecule has 4 rings (SSSR count). The van der Waals surface area contributed by atoms with Crippen LogP contribution in [0, 0.1) is 29.3 Å². The van der Waals surface area contributed by atoms with Crippen molar-refractivity contribution in [2.24, 2.45) is 0 Å². The summed E-state index contributed by atoms with van der Waals surface area (Å²) < 4.78 is 39.9. The van der Waals surface area contributed by atoms with E-state index in [4.69, 9.17) is 0 Å². The Labute approximate surface area is 182 Å². The molecule has 0 nitrogen and oxygen atoms in total. The van der Waals surface area contributed by atoms with E-state index in [2.05, 4.69) is 43.0 Å². The maximum Gasteiger partial charge on any atom is 0.194 e. The van der Waals surface area contributed by atoms with Gasteiger partial charge in [0.2, 0.25) is 0 Å². The highest BCUT2D eigenvalue weighted by Crippen LogP contribution is 2.34. The lowest BCUT2D eigenvalue weighted by atomic mass is 9.83. The van der Waals surface area contributed by atoms with E-state index in [1.807, 2.05) is 12.1 Å². The van der Waals surface area contributed by atoms with Gasteiger partial charge in [-0.2, -0.15) is 0 Å². The van der Waals surface area contributed by atoms with Crippen LogP contribution in [-0.4, -0.2) is 0 Å². The van der Waals surface area contributed by atoms with Crippen LogP contribution in [-0.2, 0) is 19.3 Å². The van der Waals surface area contributed by atoms with Gasteiger partial charge in [0.15, 0.2) is 17.5 Å². The lowest BCUT2D eigenvalue weighted by Gasteiger charge is -2.21. The Morgan fingerprint density at radius 3 is 2.06 bits per heavy atom. The second kappa shape index (κ2) is 9.43. The number of rotatable bonds is 5. The molecule has 31 heavy (non-hydrogen) atoms. The fraction of sp³-hybridized carbons (Fsp3) is 0.286. The maximum atomic E-state index is 13.4. The zero-order chi connectivity index (χ0) is 21.8. The predicted octanol–water partition coefficient (Wildman–Crippen LogP) is 7.39. The molecule has 0 heterocycles. The molecule has 3 aromatic carbocycles. The molecule has 0 saturated heterocycles. The summed E-state index contributed by atoms with van der Waals surface area (Å²) in [6.45, 7) is 2.23. The van der Waals surface area contributed by atoms with Crippen LogP contribution in [0.3, 0.4) is 0 Å². The molecule has 0 radical (unpaired) electrons. The average Bonchev–Trinajstić information content (AvgIpc) is 2.78. The van der Waals surface area contributed by atoms with Crippen molar-refractivity contribution in [3.63, 3.8) is 0 Å². The van der Waals surface area contributed by atoms with Gasteiger partial charge in [-0.15, -0.1) is 0 Å². The minimum absolute atomic E-state index is 0.117. The van der Waals surface area contributed by atoms with E-state index in [-0.39, 0.29) is 5.56 Å². The van der Waals surface area contributed by atoms with Crippen LogP contribution < -0.4 is 0 Å². The highest BCUT2D eigenvalue weighted by atomic mass is 19.2. The summed E-state index contributed by atoms with van der Waals surface area (Å²) in [5, 5.41) is 0. The van der Waals surface area contributed by atoms with Crippen molar-refractivity contribution in [1.82, 2.24) is 0 Å². The molecule has 0 fully saturated rings. The Hall–Kier alpha value is -2.99. The zero-order valence-corrected chi connectivity index (χ0v) is 17.7. The summed E-state index contributed by atoms with van der Waals surface area (Å²) in [6, 6.07) is 14.7. The first-order valence-corrected chi connectivity index (χ1v) is 11.0. The van der Waals surface area contributed by atoms with Crippen molar-refractivity contribution in [3.8, 4) is 23.0 Å². The summed E-state index contributed by atoms with van der Waals surface area (Å²) in [7, 11) is 0. The number of benzene rings is 3. The van der Waals surface area contributed by atoms with Crippen molar-refractivity contribution in [3.05, 3.63) is 93.8 Å². The Kier molecular flexibility index (Phi) is 6.47. The number of hydrogen-bond acceptors (Lipinski definition) is 0. The van der Waals surface area contributed by atoms with Crippen molar-refractivity contribution in [2.45, 2.75) is 51.9 Å². The van der Waals surface area contributed by atoms with Crippen LogP contribution in [0.2, 0.25) is 0 Å². The summed E-state index contributed by atoms with van der Waals surface area (Å²) in [5.74, 6) is 1.76. The van der Waals surface area contributed by atoms with Crippen molar-refractivity contribution >= 4 is 0 Å². The van der Waals surface area contributed by atoms with E-state index in [9.17, 15) is 13.2 Å². The van der Waals surface area contributed by atoms with Crippen molar-refractivity contribution in [2.75, 3.05) is 0 Å². The van der Waals surface area contributed by atoms with Crippen LogP contribution in [0.15, 0.2) is 48.5 Å². The monoisotopic (exact) mass is 418 g/mol. The van der Waals surface area contributed by atoms with Crippen LogP contribution in [0.4, 0.5) is 13.2 Å². The smallest absolute Gasteiger partial charge is 0.194 e. The number of fused-ring (bicyclic) bond motifs is 3. The molecular formula is C28H25F3. The van der Waals surface area contributed by atoms with Crippen molar-refractivity contribution in [1.29, 1.82) is 0 Å². The second-order valence-corrected chi connectivity index (χ2v) is 8.18. The van der Waals surface area contributed by atoms with Crippen molar-refractivity contribution < 1.29 is 13.2 Å². The third-order valence-corrected chi connectivity index (χ3v) is 5.88. The zero-order valence-electron chi connectivity index (χ0n) is 17.7. The normalized spacial score (nSPS) is 12.0. The van der Waals surface area contributed by atoms with Gasteiger partial charge in [-0.25, -0.2) is 13.2 Å². The molecule has 158 valence electrons. The number of halogens is 3. The Bertz CT molecular complexity index is 1140. The maximum absolute atomic E-state index is 13.4. The molecule has 1 aliphatic carbocycles. The minimum atomic E-state index is -1.47. The molecule has 3 heteroatoms. The summed E-state index contributed by atoms with van der Waals surface area (Å²) in [6.07, 6.45) is 8.16. The van der Waals surface area contributed by atoms with E-state index in [1.165, 1.54) is 53.5 Å². The lowest BCUT2D eigenvalue weighted by molar-refractivity contribution is 0.446. The highest BCUT2D eigenvalue weighted by molar-refractivity contribution is 5.74. The molecule has 1 aliphatic rings. The lowest BCUT2D eigenvalue weighted by Crippen LogP contribution is -2.05. The first-order chi connectivity index (χ1) is 15.0. The number of unbranched alkanes of at least 4 members (excludes halogenated alkanes) is 3. The molecule has 0 aliphatic heterocycles. The molecule has 0 atom stereocenters. The predicted molar refractivity (Wildman–Crippen MR) is 119 cm³/mol. The largest absolute Gasteiger partial charge is 0.204 e. The Balaban J connectivity index is 1.54. The van der Waals surface area contributed by atoms with Gasteiger partial charge in [-0.1, -0.05) is 62.3 Å². The molecule has 0 unspecified atom stereocenters. The molecule has 3 aromatic rings. The fourth-order valence-corrected chi connectivity index (χ4v) is 4.21. The summed E-state index contributed by atoms with van der Waals surface area (Å²) in [5.41, 5.74) is 7.44. The van der Waals surface area contributed by atoms with Gasteiger partial charge in [-0.3, -0.25) is 0 Å². The van der Waals surface area contributed by atoms with Gasteiger partial charge in [-0.05, 0) is 77.8 Å². The number of aryl methyl sites for hydroxylation is 3. The van der Waals surface area contributed by atoms with Gasteiger partial charge >= 0.3 is 0 Å². The van der Waals surface area contributed by atoms with Gasteiger partial charge in [0.1, 0.15) is 0 Å².